The van der Waals surface area contributed by atoms with Gasteiger partial charge >= 0.3 is 0 Å². The Balaban J connectivity index is 2.09. The van der Waals surface area contributed by atoms with Crippen molar-refractivity contribution in [2.24, 2.45) is 5.92 Å². The Morgan fingerprint density at radius 1 is 1.40 bits per heavy atom. The smallest absolute Gasteiger partial charge is 0.00460 e. The third-order valence-corrected chi connectivity index (χ3v) is 3.37. The van der Waals surface area contributed by atoms with E-state index in [0.29, 0.717) is 0 Å². The van der Waals surface area contributed by atoms with Crippen molar-refractivity contribution in [1.82, 2.24) is 5.32 Å². The first-order valence-corrected chi connectivity index (χ1v) is 6.02. The summed E-state index contributed by atoms with van der Waals surface area (Å²) in [4.78, 5) is 0. The van der Waals surface area contributed by atoms with Gasteiger partial charge in [-0.3, -0.25) is 0 Å². The van der Waals surface area contributed by atoms with Crippen molar-refractivity contribution >= 4 is 0 Å². The second-order valence-corrected chi connectivity index (χ2v) is 4.75. The van der Waals surface area contributed by atoms with E-state index in [9.17, 15) is 0 Å². The second-order valence-electron chi connectivity index (χ2n) is 4.75. The number of hydrogen-bond acceptors (Lipinski definition) is 1. The molecule has 0 amide bonds. The molecule has 1 unspecified atom stereocenters. The number of benzene rings is 1. The lowest BCUT2D eigenvalue weighted by molar-refractivity contribution is 0.540. The SMILES string of the molecule is CNCCC(c1cccc(C)c1)C1CC1. The van der Waals surface area contributed by atoms with Crippen molar-refractivity contribution in [3.05, 3.63) is 35.4 Å². The van der Waals surface area contributed by atoms with Crippen molar-refractivity contribution in [2.75, 3.05) is 13.6 Å². The van der Waals surface area contributed by atoms with Crippen LogP contribution in [0.15, 0.2) is 24.3 Å². The number of hydrogen-bond donors (Lipinski definition) is 1. The Morgan fingerprint density at radius 2 is 2.20 bits per heavy atom. The van der Waals surface area contributed by atoms with Crippen LogP contribution in [0.5, 0.6) is 0 Å². The molecule has 1 aliphatic rings. The van der Waals surface area contributed by atoms with Crippen LogP contribution in [0.3, 0.4) is 0 Å². The van der Waals surface area contributed by atoms with Gasteiger partial charge < -0.3 is 5.32 Å². The topological polar surface area (TPSA) is 12.0 Å². The fourth-order valence-electron chi connectivity index (χ4n) is 2.37. The minimum absolute atomic E-state index is 0.789. The van der Waals surface area contributed by atoms with Gasteiger partial charge in [0.2, 0.25) is 0 Å². The molecule has 1 N–H and O–H groups in total. The summed E-state index contributed by atoms with van der Waals surface area (Å²) in [5, 5.41) is 3.27. The maximum atomic E-state index is 3.27. The van der Waals surface area contributed by atoms with Crippen LogP contribution in [-0.4, -0.2) is 13.6 Å². The molecule has 82 valence electrons. The van der Waals surface area contributed by atoms with E-state index in [2.05, 4.69) is 36.5 Å². The molecule has 1 saturated carbocycles. The van der Waals surface area contributed by atoms with Crippen LogP contribution >= 0.6 is 0 Å². The van der Waals surface area contributed by atoms with Crippen LogP contribution in [-0.2, 0) is 0 Å². The lowest BCUT2D eigenvalue weighted by atomic mass is 9.90. The van der Waals surface area contributed by atoms with Crippen LogP contribution in [0.1, 0.15) is 36.3 Å². The molecule has 2 rings (SSSR count). The van der Waals surface area contributed by atoms with E-state index in [1.165, 1.54) is 24.8 Å². The van der Waals surface area contributed by atoms with E-state index in [0.717, 1.165) is 18.4 Å². The van der Waals surface area contributed by atoms with Crippen LogP contribution in [0.2, 0.25) is 0 Å². The monoisotopic (exact) mass is 203 g/mol. The van der Waals surface area contributed by atoms with E-state index in [-0.39, 0.29) is 0 Å². The minimum atomic E-state index is 0.789. The van der Waals surface area contributed by atoms with Crippen molar-refractivity contribution in [2.45, 2.75) is 32.1 Å². The molecule has 1 aromatic rings. The predicted molar refractivity (Wildman–Crippen MR) is 65.2 cm³/mol. The molecule has 0 radical (unpaired) electrons. The van der Waals surface area contributed by atoms with Gasteiger partial charge in [0, 0.05) is 0 Å². The van der Waals surface area contributed by atoms with E-state index < -0.39 is 0 Å². The van der Waals surface area contributed by atoms with Crippen LogP contribution in [0.25, 0.3) is 0 Å². The van der Waals surface area contributed by atoms with Crippen LogP contribution in [0, 0.1) is 12.8 Å². The largest absolute Gasteiger partial charge is 0.320 e. The summed E-state index contributed by atoms with van der Waals surface area (Å²) in [5.74, 6) is 1.75. The minimum Gasteiger partial charge on any atom is -0.320 e. The molecule has 1 heteroatoms. The molecular weight excluding hydrogens is 182 g/mol. The second kappa shape index (κ2) is 4.80. The lowest BCUT2D eigenvalue weighted by Crippen LogP contribution is -2.13. The molecule has 0 heterocycles. The van der Waals surface area contributed by atoms with Crippen LogP contribution < -0.4 is 5.32 Å². The van der Waals surface area contributed by atoms with E-state index in [1.807, 2.05) is 7.05 Å². The highest BCUT2D eigenvalue weighted by Crippen LogP contribution is 2.44. The molecule has 0 saturated heterocycles. The van der Waals surface area contributed by atoms with E-state index in [4.69, 9.17) is 0 Å². The Kier molecular flexibility index (Phi) is 3.42. The molecule has 1 fully saturated rings. The Morgan fingerprint density at radius 3 is 2.80 bits per heavy atom. The summed E-state index contributed by atoms with van der Waals surface area (Å²) in [6.45, 7) is 3.32. The Labute approximate surface area is 92.9 Å². The van der Waals surface area contributed by atoms with E-state index >= 15 is 0 Å². The summed E-state index contributed by atoms with van der Waals surface area (Å²) in [7, 11) is 2.04. The first-order chi connectivity index (χ1) is 7.31. The quantitative estimate of drug-likeness (QED) is 0.775. The van der Waals surface area contributed by atoms with Crippen molar-refractivity contribution in [3.8, 4) is 0 Å². The zero-order valence-electron chi connectivity index (χ0n) is 9.79. The molecule has 1 atom stereocenters. The molecule has 15 heavy (non-hydrogen) atoms. The Bertz CT molecular complexity index is 315. The third kappa shape index (κ3) is 2.82. The van der Waals surface area contributed by atoms with Gasteiger partial charge in [-0.15, -0.1) is 0 Å². The third-order valence-electron chi connectivity index (χ3n) is 3.37. The Hall–Kier alpha value is -0.820. The zero-order chi connectivity index (χ0) is 10.7. The molecule has 1 nitrogen and oxygen atoms in total. The lowest BCUT2D eigenvalue weighted by Gasteiger charge is -2.17. The summed E-state index contributed by atoms with van der Waals surface area (Å²) in [6.07, 6.45) is 4.15. The van der Waals surface area contributed by atoms with Gasteiger partial charge in [-0.05, 0) is 57.2 Å². The molecule has 0 aliphatic heterocycles. The van der Waals surface area contributed by atoms with Gasteiger partial charge in [0.05, 0.1) is 0 Å². The molecule has 1 aliphatic carbocycles. The maximum Gasteiger partial charge on any atom is -0.00460 e. The number of rotatable bonds is 5. The van der Waals surface area contributed by atoms with E-state index in [1.54, 1.807) is 5.56 Å². The van der Waals surface area contributed by atoms with Gasteiger partial charge in [-0.1, -0.05) is 29.8 Å². The molecular formula is C14H21N. The molecule has 0 spiro atoms. The molecule has 0 bridgehead atoms. The van der Waals surface area contributed by atoms with Crippen molar-refractivity contribution < 1.29 is 0 Å². The highest BCUT2D eigenvalue weighted by atomic mass is 14.8. The van der Waals surface area contributed by atoms with Gasteiger partial charge in [0.1, 0.15) is 0 Å². The first-order valence-electron chi connectivity index (χ1n) is 6.02. The predicted octanol–water partition coefficient (Wildman–Crippen LogP) is 3.10. The van der Waals surface area contributed by atoms with Gasteiger partial charge in [-0.25, -0.2) is 0 Å². The van der Waals surface area contributed by atoms with Gasteiger partial charge in [0.15, 0.2) is 0 Å². The maximum absolute atomic E-state index is 3.27. The highest BCUT2D eigenvalue weighted by Gasteiger charge is 2.31. The number of aryl methyl sites for hydroxylation is 1. The highest BCUT2D eigenvalue weighted by molar-refractivity contribution is 5.27. The van der Waals surface area contributed by atoms with Crippen molar-refractivity contribution in [3.63, 3.8) is 0 Å². The first kappa shape index (κ1) is 10.7. The molecule has 1 aromatic carbocycles. The average molecular weight is 203 g/mol. The summed E-state index contributed by atoms with van der Waals surface area (Å²) < 4.78 is 0. The summed E-state index contributed by atoms with van der Waals surface area (Å²) >= 11 is 0. The fraction of sp³-hybridized carbons (Fsp3) is 0.571. The van der Waals surface area contributed by atoms with Gasteiger partial charge in [0.25, 0.3) is 0 Å². The van der Waals surface area contributed by atoms with Crippen LogP contribution in [0.4, 0.5) is 0 Å². The summed E-state index contributed by atoms with van der Waals surface area (Å²) in [5.41, 5.74) is 2.94. The normalized spacial score (nSPS) is 17.7. The molecule has 0 aromatic heterocycles. The number of nitrogens with one attached hydrogen (secondary N) is 1. The average Bonchev–Trinajstić information content (AvgIpc) is 3.03. The summed E-state index contributed by atoms with van der Waals surface area (Å²) in [6, 6.07) is 9.04. The fourth-order valence-corrected chi connectivity index (χ4v) is 2.37. The zero-order valence-corrected chi connectivity index (χ0v) is 9.79. The standard InChI is InChI=1S/C14H21N/c1-11-4-3-5-13(10-11)14(8-9-15-2)12-6-7-12/h3-5,10,12,14-15H,6-9H2,1-2H3. The van der Waals surface area contributed by atoms with Gasteiger partial charge in [-0.2, -0.15) is 0 Å². The van der Waals surface area contributed by atoms with Crippen molar-refractivity contribution in [1.29, 1.82) is 0 Å².